The van der Waals surface area contributed by atoms with Crippen LogP contribution < -0.4 is 5.32 Å². The third-order valence-electron chi connectivity index (χ3n) is 3.27. The van der Waals surface area contributed by atoms with Crippen LogP contribution in [0, 0.1) is 23.5 Å². The lowest BCUT2D eigenvalue weighted by Gasteiger charge is -2.16. The third kappa shape index (κ3) is 5.49. The number of hydrogen-bond donors (Lipinski definition) is 2. The zero-order chi connectivity index (χ0) is 16.0. The first-order valence-corrected chi connectivity index (χ1v) is 6.74. The van der Waals surface area contributed by atoms with Crippen LogP contribution in [-0.2, 0) is 16.0 Å². The summed E-state index contributed by atoms with van der Waals surface area (Å²) in [6, 6.07) is 3.48. The molecule has 6 heteroatoms. The SMILES string of the molecule is CC(C)C(CNC(=O)CCc1ccc(F)c(F)c1)C(=O)O. The van der Waals surface area contributed by atoms with E-state index in [4.69, 9.17) is 5.11 Å². The van der Waals surface area contributed by atoms with Crippen molar-refractivity contribution in [2.75, 3.05) is 6.54 Å². The molecule has 0 aliphatic heterocycles. The van der Waals surface area contributed by atoms with Gasteiger partial charge in [0.15, 0.2) is 11.6 Å². The second-order valence-corrected chi connectivity index (χ2v) is 5.24. The van der Waals surface area contributed by atoms with E-state index in [-0.39, 0.29) is 31.2 Å². The topological polar surface area (TPSA) is 66.4 Å². The molecule has 0 heterocycles. The van der Waals surface area contributed by atoms with Gasteiger partial charge >= 0.3 is 5.97 Å². The Kier molecular flexibility index (Phi) is 6.27. The van der Waals surface area contributed by atoms with Crippen LogP contribution in [0.5, 0.6) is 0 Å². The maximum absolute atomic E-state index is 13.0. The first-order valence-electron chi connectivity index (χ1n) is 6.74. The molecule has 1 aromatic rings. The molecule has 0 aliphatic rings. The van der Waals surface area contributed by atoms with Crippen molar-refractivity contribution < 1.29 is 23.5 Å². The van der Waals surface area contributed by atoms with Crippen molar-refractivity contribution in [2.24, 2.45) is 11.8 Å². The first-order chi connectivity index (χ1) is 9.81. The van der Waals surface area contributed by atoms with E-state index in [0.717, 1.165) is 12.1 Å². The molecule has 0 aliphatic carbocycles. The lowest BCUT2D eigenvalue weighted by atomic mass is 9.96. The number of amides is 1. The Morgan fingerprint density at radius 2 is 1.90 bits per heavy atom. The maximum Gasteiger partial charge on any atom is 0.308 e. The molecular formula is C15H19F2NO3. The summed E-state index contributed by atoms with van der Waals surface area (Å²) >= 11 is 0. The molecule has 1 atom stereocenters. The van der Waals surface area contributed by atoms with Crippen LogP contribution >= 0.6 is 0 Å². The molecule has 1 amide bonds. The summed E-state index contributed by atoms with van der Waals surface area (Å²) in [7, 11) is 0. The van der Waals surface area contributed by atoms with Crippen LogP contribution in [0.2, 0.25) is 0 Å². The van der Waals surface area contributed by atoms with Crippen LogP contribution in [0.15, 0.2) is 18.2 Å². The van der Waals surface area contributed by atoms with Crippen molar-refractivity contribution >= 4 is 11.9 Å². The number of benzene rings is 1. The van der Waals surface area contributed by atoms with Crippen LogP contribution in [0.25, 0.3) is 0 Å². The number of halogens is 2. The summed E-state index contributed by atoms with van der Waals surface area (Å²) in [6.45, 7) is 3.60. The zero-order valence-electron chi connectivity index (χ0n) is 12.0. The number of carboxylic acid groups (broad SMARTS) is 1. The average Bonchev–Trinajstić information content (AvgIpc) is 2.39. The van der Waals surface area contributed by atoms with E-state index in [1.165, 1.54) is 6.07 Å². The number of rotatable bonds is 7. The van der Waals surface area contributed by atoms with Gasteiger partial charge in [-0.3, -0.25) is 9.59 Å². The van der Waals surface area contributed by atoms with Crippen molar-refractivity contribution in [1.29, 1.82) is 0 Å². The molecule has 2 N–H and O–H groups in total. The highest BCUT2D eigenvalue weighted by Gasteiger charge is 2.21. The third-order valence-corrected chi connectivity index (χ3v) is 3.27. The van der Waals surface area contributed by atoms with E-state index >= 15 is 0 Å². The summed E-state index contributed by atoms with van der Waals surface area (Å²) in [5.41, 5.74) is 0.516. The number of nitrogens with one attached hydrogen (secondary N) is 1. The van der Waals surface area contributed by atoms with Crippen LogP contribution in [0.3, 0.4) is 0 Å². The Morgan fingerprint density at radius 1 is 1.24 bits per heavy atom. The van der Waals surface area contributed by atoms with Crippen LogP contribution in [-0.4, -0.2) is 23.5 Å². The van der Waals surface area contributed by atoms with E-state index in [9.17, 15) is 18.4 Å². The summed E-state index contributed by atoms with van der Waals surface area (Å²) in [5.74, 6) is -3.87. The smallest absolute Gasteiger partial charge is 0.308 e. The minimum atomic E-state index is -0.953. The Balaban J connectivity index is 2.43. The zero-order valence-corrected chi connectivity index (χ0v) is 12.0. The molecule has 1 aromatic carbocycles. The van der Waals surface area contributed by atoms with Gasteiger partial charge < -0.3 is 10.4 Å². The van der Waals surface area contributed by atoms with Crippen molar-refractivity contribution in [2.45, 2.75) is 26.7 Å². The molecular weight excluding hydrogens is 280 g/mol. The van der Waals surface area contributed by atoms with E-state index in [2.05, 4.69) is 5.32 Å². The molecule has 116 valence electrons. The molecule has 21 heavy (non-hydrogen) atoms. The van der Waals surface area contributed by atoms with E-state index in [1.54, 1.807) is 13.8 Å². The lowest BCUT2D eigenvalue weighted by Crippen LogP contribution is -2.35. The second-order valence-electron chi connectivity index (χ2n) is 5.24. The first kappa shape index (κ1) is 17.1. The molecule has 4 nitrogen and oxygen atoms in total. The van der Waals surface area contributed by atoms with Crippen molar-refractivity contribution in [3.05, 3.63) is 35.4 Å². The standard InChI is InChI=1S/C15H19F2NO3/c1-9(2)11(15(20)21)8-18-14(19)6-4-10-3-5-12(16)13(17)7-10/h3,5,7,9,11H,4,6,8H2,1-2H3,(H,18,19)(H,20,21). The van der Waals surface area contributed by atoms with Gasteiger partial charge in [0.05, 0.1) is 5.92 Å². The van der Waals surface area contributed by atoms with Crippen molar-refractivity contribution in [1.82, 2.24) is 5.32 Å². The monoisotopic (exact) mass is 299 g/mol. The number of hydrogen-bond acceptors (Lipinski definition) is 2. The van der Waals surface area contributed by atoms with Gasteiger partial charge in [0, 0.05) is 13.0 Å². The quantitative estimate of drug-likeness (QED) is 0.812. The highest BCUT2D eigenvalue weighted by Crippen LogP contribution is 2.11. The molecule has 0 spiro atoms. The maximum atomic E-state index is 13.0. The van der Waals surface area contributed by atoms with E-state index in [1.807, 2.05) is 0 Å². The molecule has 1 rings (SSSR count). The Labute approximate surface area is 122 Å². The van der Waals surface area contributed by atoms with Gasteiger partial charge in [-0.2, -0.15) is 0 Å². The fourth-order valence-corrected chi connectivity index (χ4v) is 1.87. The van der Waals surface area contributed by atoms with Gasteiger partial charge in [-0.1, -0.05) is 19.9 Å². The normalized spacial score (nSPS) is 12.2. The fraction of sp³-hybridized carbons (Fsp3) is 0.467. The number of aryl methyl sites for hydroxylation is 1. The van der Waals surface area contributed by atoms with E-state index < -0.39 is 23.5 Å². The highest BCUT2D eigenvalue weighted by atomic mass is 19.2. The van der Waals surface area contributed by atoms with Gasteiger partial charge in [0.1, 0.15) is 0 Å². The van der Waals surface area contributed by atoms with Gasteiger partial charge in [-0.25, -0.2) is 8.78 Å². The molecule has 0 fully saturated rings. The molecule has 0 radical (unpaired) electrons. The van der Waals surface area contributed by atoms with Crippen molar-refractivity contribution in [3.63, 3.8) is 0 Å². The van der Waals surface area contributed by atoms with Gasteiger partial charge in [-0.05, 0) is 30.0 Å². The van der Waals surface area contributed by atoms with Gasteiger partial charge in [0.2, 0.25) is 5.91 Å². The predicted octanol–water partition coefficient (Wildman–Crippen LogP) is 2.37. The number of carbonyl (C=O) groups excluding carboxylic acids is 1. The molecule has 0 saturated heterocycles. The van der Waals surface area contributed by atoms with Gasteiger partial charge in [0.25, 0.3) is 0 Å². The fourth-order valence-electron chi connectivity index (χ4n) is 1.87. The van der Waals surface area contributed by atoms with E-state index in [0.29, 0.717) is 5.56 Å². The average molecular weight is 299 g/mol. The Hall–Kier alpha value is -1.98. The second kappa shape index (κ2) is 7.71. The summed E-state index contributed by atoms with van der Waals surface area (Å²) in [5, 5.41) is 11.5. The van der Waals surface area contributed by atoms with Crippen molar-refractivity contribution in [3.8, 4) is 0 Å². The van der Waals surface area contributed by atoms with Gasteiger partial charge in [-0.15, -0.1) is 0 Å². The summed E-state index contributed by atoms with van der Waals surface area (Å²) in [4.78, 5) is 22.6. The number of carboxylic acids is 1. The largest absolute Gasteiger partial charge is 0.481 e. The summed E-state index contributed by atoms with van der Waals surface area (Å²) in [6.07, 6.45) is 0.359. The Morgan fingerprint density at radius 3 is 2.43 bits per heavy atom. The lowest BCUT2D eigenvalue weighted by molar-refractivity contribution is -0.143. The Bertz CT molecular complexity index is 518. The van der Waals surface area contributed by atoms with Crippen LogP contribution in [0.1, 0.15) is 25.8 Å². The molecule has 0 aromatic heterocycles. The molecule has 1 unspecified atom stereocenters. The highest BCUT2D eigenvalue weighted by molar-refractivity contribution is 5.77. The summed E-state index contributed by atoms with van der Waals surface area (Å²) < 4.78 is 25.7. The minimum absolute atomic E-state index is 0.0591. The minimum Gasteiger partial charge on any atom is -0.481 e. The van der Waals surface area contributed by atoms with Crippen LogP contribution in [0.4, 0.5) is 8.78 Å². The predicted molar refractivity (Wildman–Crippen MR) is 73.7 cm³/mol. The number of carbonyl (C=O) groups is 2. The number of aliphatic carboxylic acids is 1. The molecule has 0 saturated carbocycles. The molecule has 0 bridgehead atoms.